The summed E-state index contributed by atoms with van der Waals surface area (Å²) in [5.74, 6) is 0.810. The number of halogens is 1. The molecule has 0 spiro atoms. The molecule has 2 N–H and O–H groups in total. The van der Waals surface area contributed by atoms with Crippen LogP contribution in [-0.2, 0) is 6.42 Å². The average Bonchev–Trinajstić information content (AvgIpc) is 3.07. The van der Waals surface area contributed by atoms with Crippen LogP contribution in [0.2, 0.25) is 0 Å². The molecular formula is C18H26ClNO2S. The molecule has 3 nitrogen and oxygen atoms in total. The number of rotatable bonds is 9. The molecule has 0 aliphatic heterocycles. The molecule has 0 radical (unpaired) electrons. The van der Waals surface area contributed by atoms with E-state index in [9.17, 15) is 5.11 Å². The topological polar surface area (TPSA) is 41.5 Å². The minimum Gasteiger partial charge on any atom is -0.491 e. The lowest BCUT2D eigenvalue weighted by molar-refractivity contribution is 0.104. The van der Waals surface area contributed by atoms with Crippen molar-refractivity contribution in [2.24, 2.45) is 0 Å². The molecule has 1 aromatic heterocycles. The fourth-order valence-electron chi connectivity index (χ4n) is 2.24. The Labute approximate surface area is 149 Å². The predicted octanol–water partition coefficient (Wildman–Crippen LogP) is 4.21. The molecule has 0 saturated heterocycles. The number of hydrogen-bond acceptors (Lipinski definition) is 4. The second-order valence-electron chi connectivity index (χ2n) is 5.50. The first-order chi connectivity index (χ1) is 10.7. The van der Waals surface area contributed by atoms with Gasteiger partial charge in [-0.2, -0.15) is 0 Å². The van der Waals surface area contributed by atoms with E-state index < -0.39 is 6.10 Å². The molecule has 0 aliphatic rings. The van der Waals surface area contributed by atoms with Crippen LogP contribution in [0.15, 0.2) is 41.8 Å². The van der Waals surface area contributed by atoms with E-state index in [0.29, 0.717) is 13.2 Å². The Bertz CT molecular complexity index is 530. The zero-order chi connectivity index (χ0) is 15.8. The number of nitrogens with one attached hydrogen (secondary N) is 1. The molecule has 128 valence electrons. The summed E-state index contributed by atoms with van der Waals surface area (Å²) in [6.45, 7) is 5.10. The van der Waals surface area contributed by atoms with Crippen LogP contribution in [0.1, 0.15) is 36.8 Å². The molecule has 2 aromatic rings. The molecule has 5 heteroatoms. The maximum atomic E-state index is 10.0. The number of thiophene rings is 1. The third-order valence-electron chi connectivity index (χ3n) is 3.53. The van der Waals surface area contributed by atoms with Crippen molar-refractivity contribution in [2.75, 3.05) is 13.2 Å². The van der Waals surface area contributed by atoms with Crippen molar-refractivity contribution in [2.45, 2.75) is 38.8 Å². The molecule has 23 heavy (non-hydrogen) atoms. The second kappa shape index (κ2) is 10.7. The molecule has 2 rings (SSSR count). The average molecular weight is 356 g/mol. The zero-order valence-corrected chi connectivity index (χ0v) is 15.3. The van der Waals surface area contributed by atoms with Gasteiger partial charge in [-0.1, -0.05) is 31.5 Å². The molecular weight excluding hydrogens is 330 g/mol. The van der Waals surface area contributed by atoms with Gasteiger partial charge in [0.05, 0.1) is 0 Å². The second-order valence-corrected chi connectivity index (χ2v) is 6.48. The van der Waals surface area contributed by atoms with Gasteiger partial charge in [0, 0.05) is 17.5 Å². The van der Waals surface area contributed by atoms with E-state index in [1.54, 1.807) is 11.3 Å². The molecule has 0 fully saturated rings. The van der Waals surface area contributed by atoms with Crippen molar-refractivity contribution in [3.05, 3.63) is 52.2 Å². The Hall–Kier alpha value is -1.07. The summed E-state index contributed by atoms with van der Waals surface area (Å²) >= 11 is 1.72. The highest BCUT2D eigenvalue weighted by Crippen LogP contribution is 2.18. The van der Waals surface area contributed by atoms with Crippen LogP contribution in [-0.4, -0.2) is 24.4 Å². The smallest absolute Gasteiger partial charge is 0.119 e. The zero-order valence-electron chi connectivity index (χ0n) is 13.7. The van der Waals surface area contributed by atoms with Crippen LogP contribution in [0.4, 0.5) is 0 Å². The van der Waals surface area contributed by atoms with E-state index in [-0.39, 0.29) is 18.4 Å². The quantitative estimate of drug-likeness (QED) is 0.707. The van der Waals surface area contributed by atoms with E-state index >= 15 is 0 Å². The minimum atomic E-state index is -0.516. The van der Waals surface area contributed by atoms with E-state index in [4.69, 9.17) is 4.74 Å². The van der Waals surface area contributed by atoms with Crippen LogP contribution in [0.5, 0.6) is 5.75 Å². The molecule has 0 amide bonds. The van der Waals surface area contributed by atoms with Crippen molar-refractivity contribution in [3.8, 4) is 5.75 Å². The summed E-state index contributed by atoms with van der Waals surface area (Å²) in [7, 11) is 0. The first-order valence-electron chi connectivity index (χ1n) is 7.85. The van der Waals surface area contributed by atoms with Crippen molar-refractivity contribution < 1.29 is 9.84 Å². The fourth-order valence-corrected chi connectivity index (χ4v) is 3.00. The van der Waals surface area contributed by atoms with Crippen LogP contribution in [0.25, 0.3) is 0 Å². The number of aliphatic hydroxyl groups is 1. The highest BCUT2D eigenvalue weighted by atomic mass is 35.5. The van der Waals surface area contributed by atoms with Gasteiger partial charge in [-0.3, -0.25) is 0 Å². The number of ether oxygens (including phenoxy) is 1. The largest absolute Gasteiger partial charge is 0.491 e. The van der Waals surface area contributed by atoms with Crippen molar-refractivity contribution in [1.82, 2.24) is 5.32 Å². The first-order valence-corrected chi connectivity index (χ1v) is 8.73. The van der Waals surface area contributed by atoms with E-state index in [1.807, 2.05) is 18.2 Å². The van der Waals surface area contributed by atoms with Gasteiger partial charge in [-0.25, -0.2) is 0 Å². The Balaban J connectivity index is 0.00000264. The number of hydrogen-bond donors (Lipinski definition) is 2. The van der Waals surface area contributed by atoms with Gasteiger partial charge in [0.25, 0.3) is 0 Å². The summed E-state index contributed by atoms with van der Waals surface area (Å²) in [5, 5.41) is 15.4. The summed E-state index contributed by atoms with van der Waals surface area (Å²) < 4.78 is 5.64. The standard InChI is InChI=1S/C18H25NO2S.ClH/c1-3-5-15-7-9-17(10-8-15)21-13-16(20)12-19-14(2)18-6-4-11-22-18;/h4,6-11,14,16,19-20H,3,5,12-13H2,1-2H3;1H. The van der Waals surface area contributed by atoms with Crippen LogP contribution < -0.4 is 10.1 Å². The van der Waals surface area contributed by atoms with Gasteiger partial charge in [0.15, 0.2) is 0 Å². The van der Waals surface area contributed by atoms with Crippen molar-refractivity contribution in [1.29, 1.82) is 0 Å². The summed E-state index contributed by atoms with van der Waals surface area (Å²) in [5.41, 5.74) is 1.32. The van der Waals surface area contributed by atoms with Gasteiger partial charge < -0.3 is 15.2 Å². The van der Waals surface area contributed by atoms with Crippen LogP contribution >= 0.6 is 23.7 Å². The maximum absolute atomic E-state index is 10.0. The molecule has 1 heterocycles. The van der Waals surface area contributed by atoms with Crippen molar-refractivity contribution >= 4 is 23.7 Å². The fraction of sp³-hybridized carbons (Fsp3) is 0.444. The van der Waals surface area contributed by atoms with Crippen molar-refractivity contribution in [3.63, 3.8) is 0 Å². The molecule has 0 bridgehead atoms. The predicted molar refractivity (Wildman–Crippen MR) is 99.9 cm³/mol. The van der Waals surface area contributed by atoms with Gasteiger partial charge in [0.1, 0.15) is 18.5 Å². The SMILES string of the molecule is CCCc1ccc(OCC(O)CNC(C)c2cccs2)cc1.Cl. The third kappa shape index (κ3) is 6.92. The van der Waals surface area contributed by atoms with E-state index in [2.05, 4.69) is 42.7 Å². The summed E-state index contributed by atoms with van der Waals surface area (Å²) in [6.07, 6.45) is 1.72. The normalized spacial score (nSPS) is 13.2. The van der Waals surface area contributed by atoms with Gasteiger partial charge >= 0.3 is 0 Å². The minimum absolute atomic E-state index is 0. The lowest BCUT2D eigenvalue weighted by atomic mass is 10.1. The highest BCUT2D eigenvalue weighted by molar-refractivity contribution is 7.10. The number of benzene rings is 1. The highest BCUT2D eigenvalue weighted by Gasteiger charge is 2.10. The molecule has 0 aliphatic carbocycles. The molecule has 2 unspecified atom stereocenters. The Morgan fingerprint density at radius 1 is 1.22 bits per heavy atom. The van der Waals surface area contributed by atoms with Crippen LogP contribution in [0.3, 0.4) is 0 Å². The van der Waals surface area contributed by atoms with E-state index in [0.717, 1.165) is 18.6 Å². The van der Waals surface area contributed by atoms with Gasteiger partial charge in [0.2, 0.25) is 0 Å². The monoisotopic (exact) mass is 355 g/mol. The molecule has 0 saturated carbocycles. The number of aryl methyl sites for hydroxylation is 1. The van der Waals surface area contributed by atoms with Crippen LogP contribution in [0, 0.1) is 0 Å². The van der Waals surface area contributed by atoms with E-state index in [1.165, 1.54) is 10.4 Å². The lowest BCUT2D eigenvalue weighted by Gasteiger charge is -2.17. The Kier molecular flexibility index (Phi) is 9.26. The Morgan fingerprint density at radius 3 is 2.57 bits per heavy atom. The summed E-state index contributed by atoms with van der Waals surface area (Å²) in [4.78, 5) is 1.28. The number of aliphatic hydroxyl groups excluding tert-OH is 1. The third-order valence-corrected chi connectivity index (χ3v) is 4.59. The molecule has 2 atom stereocenters. The maximum Gasteiger partial charge on any atom is 0.119 e. The Morgan fingerprint density at radius 2 is 1.96 bits per heavy atom. The van der Waals surface area contributed by atoms with Gasteiger partial charge in [-0.15, -0.1) is 23.7 Å². The molecule has 1 aromatic carbocycles. The van der Waals surface area contributed by atoms with Gasteiger partial charge in [-0.05, 0) is 42.5 Å². The summed E-state index contributed by atoms with van der Waals surface area (Å²) in [6, 6.07) is 12.5. The first kappa shape index (κ1) is 20.0. The lowest BCUT2D eigenvalue weighted by Crippen LogP contribution is -2.32.